The van der Waals surface area contributed by atoms with Crippen molar-refractivity contribution in [2.45, 2.75) is 20.3 Å². The van der Waals surface area contributed by atoms with Gasteiger partial charge in [0.05, 0.1) is 23.7 Å². The van der Waals surface area contributed by atoms with Crippen LogP contribution in [0.5, 0.6) is 0 Å². The Kier molecular flexibility index (Phi) is 6.66. The summed E-state index contributed by atoms with van der Waals surface area (Å²) in [7, 11) is 0. The predicted molar refractivity (Wildman–Crippen MR) is 89.4 cm³/mol. The number of nitriles is 1. The first-order valence-electron chi connectivity index (χ1n) is 7.41. The van der Waals surface area contributed by atoms with Crippen molar-refractivity contribution in [3.63, 3.8) is 0 Å². The van der Waals surface area contributed by atoms with E-state index in [2.05, 4.69) is 18.0 Å². The fourth-order valence-corrected chi connectivity index (χ4v) is 2.07. The number of carbonyl (C=O) groups is 1. The quantitative estimate of drug-likeness (QED) is 0.732. The highest BCUT2D eigenvalue weighted by Gasteiger charge is 2.30. The second kappa shape index (κ2) is 8.25. The number of amides is 1. The molecule has 0 radical (unpaired) electrons. The highest BCUT2D eigenvalue weighted by atomic mass is 19.1. The van der Waals surface area contributed by atoms with Crippen molar-refractivity contribution in [1.29, 1.82) is 5.26 Å². The van der Waals surface area contributed by atoms with Gasteiger partial charge in [0, 0.05) is 11.6 Å². The van der Waals surface area contributed by atoms with Gasteiger partial charge in [-0.3, -0.25) is 4.79 Å². The minimum atomic E-state index is -0.951. The van der Waals surface area contributed by atoms with Gasteiger partial charge in [0.2, 0.25) is 5.91 Å². The third kappa shape index (κ3) is 5.20. The molecule has 0 saturated carbocycles. The van der Waals surface area contributed by atoms with E-state index >= 15 is 0 Å². The summed E-state index contributed by atoms with van der Waals surface area (Å²) in [6.45, 7) is 6.41. The molecule has 0 spiro atoms. The van der Waals surface area contributed by atoms with Gasteiger partial charge in [-0.05, 0) is 32.3 Å². The molecule has 128 valence electrons. The summed E-state index contributed by atoms with van der Waals surface area (Å²) in [6, 6.07) is 2.21. The molecule has 0 aromatic rings. The molecule has 0 heterocycles. The first-order valence-corrected chi connectivity index (χ1v) is 7.41. The predicted octanol–water partition coefficient (Wildman–Crippen LogP) is 3.33. The highest BCUT2D eigenvalue weighted by molar-refractivity contribution is 5.94. The molecule has 3 N–H and O–H groups in total. The van der Waals surface area contributed by atoms with Crippen molar-refractivity contribution >= 4 is 5.91 Å². The molecule has 4 nitrogen and oxygen atoms in total. The lowest BCUT2D eigenvalue weighted by atomic mass is 9.75. The maximum Gasteiger partial charge on any atom is 0.247 e. The summed E-state index contributed by atoms with van der Waals surface area (Å²) in [6.07, 6.45) is 7.26. The molecule has 6 heteroatoms. The molecule has 0 unspecified atom stereocenters. The van der Waals surface area contributed by atoms with Crippen molar-refractivity contribution in [2.75, 3.05) is 6.54 Å². The van der Waals surface area contributed by atoms with Crippen LogP contribution in [0.25, 0.3) is 0 Å². The molecule has 0 bridgehead atoms. The molecule has 1 rings (SSSR count). The van der Waals surface area contributed by atoms with Crippen LogP contribution in [0.15, 0.2) is 59.9 Å². The Morgan fingerprint density at radius 2 is 2.25 bits per heavy atom. The number of halogens is 2. The Hall–Kier alpha value is -2.68. The van der Waals surface area contributed by atoms with Crippen LogP contribution in [-0.4, -0.2) is 12.5 Å². The minimum Gasteiger partial charge on any atom is -0.396 e. The van der Waals surface area contributed by atoms with Crippen LogP contribution in [0.1, 0.15) is 20.3 Å². The summed E-state index contributed by atoms with van der Waals surface area (Å²) in [4.78, 5) is 12.1. The zero-order chi connectivity index (χ0) is 18.3. The Morgan fingerprint density at radius 3 is 2.83 bits per heavy atom. The third-order valence-corrected chi connectivity index (χ3v) is 3.78. The van der Waals surface area contributed by atoms with E-state index in [9.17, 15) is 18.8 Å². The van der Waals surface area contributed by atoms with Crippen LogP contribution in [0.2, 0.25) is 0 Å². The summed E-state index contributed by atoms with van der Waals surface area (Å²) < 4.78 is 27.0. The normalized spacial score (nSPS) is 19.0. The second-order valence-electron chi connectivity index (χ2n) is 6.00. The summed E-state index contributed by atoms with van der Waals surface area (Å²) in [5.74, 6) is -2.39. The number of hydrogen-bond donors (Lipinski definition) is 2. The Morgan fingerprint density at radius 1 is 1.58 bits per heavy atom. The number of nitrogens with two attached hydrogens (primary N) is 1. The van der Waals surface area contributed by atoms with Crippen LogP contribution in [0, 0.1) is 22.7 Å². The van der Waals surface area contributed by atoms with Gasteiger partial charge in [0.1, 0.15) is 11.7 Å². The van der Waals surface area contributed by atoms with Gasteiger partial charge in [-0.25, -0.2) is 8.78 Å². The zero-order valence-corrected chi connectivity index (χ0v) is 13.8. The number of hydrogen-bond acceptors (Lipinski definition) is 3. The SMILES string of the molecule is C=C/C(N)=C(F)\C=C(\F)CNC(=O)C1=CC=C[C@H](C(C)(C)C#N)C1. The first-order chi connectivity index (χ1) is 11.2. The fourth-order valence-electron chi connectivity index (χ4n) is 2.07. The molecule has 1 amide bonds. The highest BCUT2D eigenvalue weighted by Crippen LogP contribution is 2.34. The van der Waals surface area contributed by atoms with Crippen LogP contribution < -0.4 is 11.1 Å². The Labute approximate surface area is 140 Å². The summed E-state index contributed by atoms with van der Waals surface area (Å²) in [5, 5.41) is 11.6. The smallest absolute Gasteiger partial charge is 0.247 e. The molecule has 0 aromatic heterocycles. The van der Waals surface area contributed by atoms with Gasteiger partial charge in [0.25, 0.3) is 0 Å². The van der Waals surface area contributed by atoms with E-state index in [-0.39, 0.29) is 11.6 Å². The number of carbonyl (C=O) groups excluding carboxylic acids is 1. The largest absolute Gasteiger partial charge is 0.396 e. The molecule has 1 aliphatic carbocycles. The standard InChI is InChI=1S/C18H21F2N3O/c1-4-16(22)15(20)9-14(19)10-23-17(24)12-6-5-7-13(8-12)18(2,3)11-21/h4-7,9,13H,1,8,10,22H2,2-3H3,(H,23,24)/b14-9+,16-15-/t13-/m0/s1. The lowest BCUT2D eigenvalue weighted by Gasteiger charge is -2.27. The summed E-state index contributed by atoms with van der Waals surface area (Å²) >= 11 is 0. The second-order valence-corrected chi connectivity index (χ2v) is 6.00. The van der Waals surface area contributed by atoms with Crippen molar-refractivity contribution in [1.82, 2.24) is 5.32 Å². The van der Waals surface area contributed by atoms with E-state index in [1.807, 2.05) is 6.08 Å². The molecule has 24 heavy (non-hydrogen) atoms. The lowest BCUT2D eigenvalue weighted by Crippen LogP contribution is -2.30. The van der Waals surface area contributed by atoms with Crippen LogP contribution in [0.4, 0.5) is 8.78 Å². The number of rotatable bonds is 6. The molecular weight excluding hydrogens is 312 g/mol. The van der Waals surface area contributed by atoms with E-state index in [0.717, 1.165) is 6.08 Å². The van der Waals surface area contributed by atoms with Gasteiger partial charge in [0.15, 0.2) is 0 Å². The average molecular weight is 333 g/mol. The topological polar surface area (TPSA) is 78.9 Å². The monoisotopic (exact) mass is 333 g/mol. The van der Waals surface area contributed by atoms with Gasteiger partial charge in [-0.15, -0.1) is 0 Å². The minimum absolute atomic E-state index is 0.110. The molecular formula is C18H21F2N3O. The van der Waals surface area contributed by atoms with E-state index in [4.69, 9.17) is 5.73 Å². The van der Waals surface area contributed by atoms with E-state index < -0.39 is 29.5 Å². The number of nitrogens with one attached hydrogen (secondary N) is 1. The third-order valence-electron chi connectivity index (χ3n) is 3.78. The Balaban J connectivity index is 2.69. The first kappa shape index (κ1) is 19.4. The average Bonchev–Trinajstić information content (AvgIpc) is 2.58. The van der Waals surface area contributed by atoms with Crippen LogP contribution in [-0.2, 0) is 4.79 Å². The van der Waals surface area contributed by atoms with Gasteiger partial charge >= 0.3 is 0 Å². The fraction of sp³-hybridized carbons (Fsp3) is 0.333. The zero-order valence-electron chi connectivity index (χ0n) is 13.8. The summed E-state index contributed by atoms with van der Waals surface area (Å²) in [5.41, 5.74) is 4.80. The van der Waals surface area contributed by atoms with Crippen LogP contribution in [0.3, 0.4) is 0 Å². The molecule has 1 aliphatic rings. The number of nitrogens with zero attached hydrogens (tertiary/aromatic N) is 1. The van der Waals surface area contributed by atoms with Gasteiger partial charge < -0.3 is 11.1 Å². The molecule has 0 fully saturated rings. The molecule has 1 atom stereocenters. The maximum absolute atomic E-state index is 13.6. The molecule has 0 aromatic carbocycles. The van der Waals surface area contributed by atoms with Gasteiger partial charge in [-0.1, -0.05) is 24.8 Å². The van der Waals surface area contributed by atoms with Crippen molar-refractivity contribution in [3.8, 4) is 6.07 Å². The molecule has 0 saturated heterocycles. The number of allylic oxidation sites excluding steroid dienone is 6. The van der Waals surface area contributed by atoms with Gasteiger partial charge in [-0.2, -0.15) is 5.26 Å². The Bertz CT molecular complexity index is 679. The van der Waals surface area contributed by atoms with Crippen molar-refractivity contribution in [3.05, 3.63) is 59.9 Å². The van der Waals surface area contributed by atoms with Crippen LogP contribution >= 0.6 is 0 Å². The van der Waals surface area contributed by atoms with Crippen molar-refractivity contribution < 1.29 is 13.6 Å². The van der Waals surface area contributed by atoms with E-state index in [1.165, 1.54) is 0 Å². The van der Waals surface area contributed by atoms with E-state index in [1.54, 1.807) is 26.0 Å². The lowest BCUT2D eigenvalue weighted by molar-refractivity contribution is -0.117. The van der Waals surface area contributed by atoms with Crippen molar-refractivity contribution in [2.24, 2.45) is 17.1 Å². The van der Waals surface area contributed by atoms with E-state index in [0.29, 0.717) is 18.1 Å². The maximum atomic E-state index is 13.6. The molecule has 0 aliphatic heterocycles.